The number of halogens is 1. The largest absolute Gasteiger partial charge is 0.385 e. The van der Waals surface area contributed by atoms with Crippen molar-refractivity contribution in [1.29, 1.82) is 0 Å². The van der Waals surface area contributed by atoms with Gasteiger partial charge in [-0.15, -0.1) is 0 Å². The summed E-state index contributed by atoms with van der Waals surface area (Å²) in [6.45, 7) is 3.45. The van der Waals surface area contributed by atoms with Crippen molar-refractivity contribution in [2.45, 2.75) is 32.6 Å². The fraction of sp³-hybridized carbons (Fsp3) is 0.500. The van der Waals surface area contributed by atoms with Gasteiger partial charge in [0.05, 0.1) is 0 Å². The van der Waals surface area contributed by atoms with E-state index in [1.807, 2.05) is 0 Å². The SMILES string of the molecule is CCCCCNC(=O)CCNc1ccc(F)cc1. The summed E-state index contributed by atoms with van der Waals surface area (Å²) < 4.78 is 12.6. The fourth-order valence-electron chi connectivity index (χ4n) is 1.58. The lowest BCUT2D eigenvalue weighted by Crippen LogP contribution is -2.26. The quantitative estimate of drug-likeness (QED) is 0.698. The Balaban J connectivity index is 2.10. The number of hydrogen-bond donors (Lipinski definition) is 2. The van der Waals surface area contributed by atoms with Crippen LogP contribution in [-0.4, -0.2) is 19.0 Å². The van der Waals surface area contributed by atoms with Gasteiger partial charge in [0.1, 0.15) is 5.82 Å². The van der Waals surface area contributed by atoms with E-state index in [9.17, 15) is 9.18 Å². The first kappa shape index (κ1) is 14.5. The molecule has 4 heteroatoms. The lowest BCUT2D eigenvalue weighted by atomic mass is 10.2. The van der Waals surface area contributed by atoms with E-state index in [1.54, 1.807) is 12.1 Å². The van der Waals surface area contributed by atoms with Gasteiger partial charge in [-0.25, -0.2) is 4.39 Å². The first-order valence-corrected chi connectivity index (χ1v) is 6.48. The van der Waals surface area contributed by atoms with Crippen molar-refractivity contribution in [3.8, 4) is 0 Å². The maximum atomic E-state index is 12.6. The Morgan fingerprint density at radius 1 is 1.17 bits per heavy atom. The van der Waals surface area contributed by atoms with Gasteiger partial charge in [0.25, 0.3) is 0 Å². The van der Waals surface area contributed by atoms with Crippen molar-refractivity contribution >= 4 is 11.6 Å². The average molecular weight is 252 g/mol. The molecule has 100 valence electrons. The number of anilines is 1. The molecule has 0 saturated carbocycles. The third-order valence-corrected chi connectivity index (χ3v) is 2.63. The summed E-state index contributed by atoms with van der Waals surface area (Å²) in [5.74, 6) is -0.199. The highest BCUT2D eigenvalue weighted by molar-refractivity contribution is 5.76. The third kappa shape index (κ3) is 6.23. The maximum Gasteiger partial charge on any atom is 0.221 e. The van der Waals surface area contributed by atoms with Crippen molar-refractivity contribution < 1.29 is 9.18 Å². The van der Waals surface area contributed by atoms with Crippen molar-refractivity contribution in [1.82, 2.24) is 5.32 Å². The molecule has 0 radical (unpaired) electrons. The summed E-state index contributed by atoms with van der Waals surface area (Å²) in [4.78, 5) is 11.4. The molecule has 0 bridgehead atoms. The minimum absolute atomic E-state index is 0.0562. The monoisotopic (exact) mass is 252 g/mol. The number of amides is 1. The van der Waals surface area contributed by atoms with Crippen LogP contribution in [-0.2, 0) is 4.79 Å². The molecule has 18 heavy (non-hydrogen) atoms. The molecule has 0 unspecified atom stereocenters. The van der Waals surface area contributed by atoms with E-state index in [2.05, 4.69) is 17.6 Å². The minimum atomic E-state index is -0.255. The van der Waals surface area contributed by atoms with Crippen LogP contribution in [0.3, 0.4) is 0 Å². The van der Waals surface area contributed by atoms with Gasteiger partial charge in [0.2, 0.25) is 5.91 Å². The lowest BCUT2D eigenvalue weighted by Gasteiger charge is -2.07. The highest BCUT2D eigenvalue weighted by Gasteiger charge is 2.00. The van der Waals surface area contributed by atoms with E-state index in [-0.39, 0.29) is 11.7 Å². The van der Waals surface area contributed by atoms with Gasteiger partial charge in [0.15, 0.2) is 0 Å². The van der Waals surface area contributed by atoms with Gasteiger partial charge in [0, 0.05) is 25.2 Å². The van der Waals surface area contributed by atoms with Crippen LogP contribution < -0.4 is 10.6 Å². The lowest BCUT2D eigenvalue weighted by molar-refractivity contribution is -0.120. The molecule has 1 amide bonds. The topological polar surface area (TPSA) is 41.1 Å². The number of carbonyl (C=O) groups excluding carboxylic acids is 1. The molecule has 0 aliphatic carbocycles. The number of hydrogen-bond acceptors (Lipinski definition) is 2. The van der Waals surface area contributed by atoms with Crippen LogP contribution in [0.4, 0.5) is 10.1 Å². The number of benzene rings is 1. The Morgan fingerprint density at radius 3 is 2.56 bits per heavy atom. The molecule has 0 atom stereocenters. The number of rotatable bonds is 8. The molecule has 0 fully saturated rings. The van der Waals surface area contributed by atoms with Crippen molar-refractivity contribution in [3.63, 3.8) is 0 Å². The summed E-state index contributed by atoms with van der Waals surface area (Å²) in [7, 11) is 0. The van der Waals surface area contributed by atoms with Crippen molar-refractivity contribution in [2.75, 3.05) is 18.4 Å². The van der Waals surface area contributed by atoms with Crippen LogP contribution in [0, 0.1) is 5.82 Å². The molecular weight excluding hydrogens is 231 g/mol. The van der Waals surface area contributed by atoms with E-state index in [0.29, 0.717) is 13.0 Å². The van der Waals surface area contributed by atoms with Gasteiger partial charge in [-0.1, -0.05) is 19.8 Å². The Hall–Kier alpha value is -1.58. The molecule has 1 aromatic carbocycles. The summed E-state index contributed by atoms with van der Waals surface area (Å²) in [6.07, 6.45) is 3.77. The van der Waals surface area contributed by atoms with Crippen LogP contribution in [0.5, 0.6) is 0 Å². The molecule has 1 rings (SSSR count). The molecule has 0 aliphatic heterocycles. The predicted octanol–water partition coefficient (Wildman–Crippen LogP) is 2.93. The molecule has 0 aliphatic rings. The van der Waals surface area contributed by atoms with Crippen LogP contribution in [0.1, 0.15) is 32.6 Å². The van der Waals surface area contributed by atoms with Crippen LogP contribution in [0.2, 0.25) is 0 Å². The molecule has 0 aromatic heterocycles. The van der Waals surface area contributed by atoms with E-state index < -0.39 is 0 Å². The fourth-order valence-corrected chi connectivity index (χ4v) is 1.58. The van der Waals surface area contributed by atoms with Crippen LogP contribution in [0.25, 0.3) is 0 Å². The second-order valence-electron chi connectivity index (χ2n) is 4.24. The Kier molecular flexibility index (Phi) is 6.84. The zero-order chi connectivity index (χ0) is 13.2. The number of nitrogens with one attached hydrogen (secondary N) is 2. The standard InChI is InChI=1S/C14H21FN2O/c1-2-3-4-10-17-14(18)9-11-16-13-7-5-12(15)6-8-13/h5-8,16H,2-4,9-11H2,1H3,(H,17,18). The molecule has 0 spiro atoms. The first-order valence-electron chi connectivity index (χ1n) is 6.48. The summed E-state index contributed by atoms with van der Waals surface area (Å²) >= 11 is 0. The van der Waals surface area contributed by atoms with Gasteiger partial charge >= 0.3 is 0 Å². The highest BCUT2D eigenvalue weighted by Crippen LogP contribution is 2.07. The molecular formula is C14H21FN2O. The summed E-state index contributed by atoms with van der Waals surface area (Å²) in [5.41, 5.74) is 0.829. The summed E-state index contributed by atoms with van der Waals surface area (Å²) in [5, 5.41) is 5.95. The molecule has 0 saturated heterocycles. The second-order valence-corrected chi connectivity index (χ2v) is 4.24. The van der Waals surface area contributed by atoms with E-state index in [0.717, 1.165) is 31.5 Å². The summed E-state index contributed by atoms with van der Waals surface area (Å²) in [6, 6.07) is 6.11. The van der Waals surface area contributed by atoms with Gasteiger partial charge in [-0.05, 0) is 30.7 Å². The van der Waals surface area contributed by atoms with E-state index >= 15 is 0 Å². The second kappa shape index (κ2) is 8.50. The Labute approximate surface area is 108 Å². The molecule has 1 aromatic rings. The van der Waals surface area contributed by atoms with E-state index in [1.165, 1.54) is 12.1 Å². The zero-order valence-electron chi connectivity index (χ0n) is 10.8. The first-order chi connectivity index (χ1) is 8.72. The van der Waals surface area contributed by atoms with Crippen LogP contribution in [0.15, 0.2) is 24.3 Å². The van der Waals surface area contributed by atoms with E-state index in [4.69, 9.17) is 0 Å². The third-order valence-electron chi connectivity index (χ3n) is 2.63. The molecule has 3 nitrogen and oxygen atoms in total. The van der Waals surface area contributed by atoms with Crippen LogP contribution >= 0.6 is 0 Å². The average Bonchev–Trinajstić information content (AvgIpc) is 2.37. The van der Waals surface area contributed by atoms with Gasteiger partial charge in [-0.3, -0.25) is 4.79 Å². The molecule has 0 heterocycles. The smallest absolute Gasteiger partial charge is 0.221 e. The van der Waals surface area contributed by atoms with Gasteiger partial charge in [-0.2, -0.15) is 0 Å². The van der Waals surface area contributed by atoms with Gasteiger partial charge < -0.3 is 10.6 Å². The Morgan fingerprint density at radius 2 is 1.89 bits per heavy atom. The van der Waals surface area contributed by atoms with Crippen molar-refractivity contribution in [3.05, 3.63) is 30.1 Å². The number of unbranched alkanes of at least 4 members (excludes halogenated alkanes) is 2. The van der Waals surface area contributed by atoms with Crippen molar-refractivity contribution in [2.24, 2.45) is 0 Å². The normalized spacial score (nSPS) is 10.1. The Bertz CT molecular complexity index is 351. The zero-order valence-corrected chi connectivity index (χ0v) is 10.8. The minimum Gasteiger partial charge on any atom is -0.385 e. The predicted molar refractivity (Wildman–Crippen MR) is 72.0 cm³/mol. The highest BCUT2D eigenvalue weighted by atomic mass is 19.1. The molecule has 2 N–H and O–H groups in total. The maximum absolute atomic E-state index is 12.6. The number of carbonyl (C=O) groups is 1.